The molecule has 0 spiro atoms. The van der Waals surface area contributed by atoms with E-state index in [-0.39, 0.29) is 5.41 Å². The molecule has 0 saturated carbocycles. The highest BCUT2D eigenvalue weighted by molar-refractivity contribution is 5.19. The molecule has 0 N–H and O–H groups in total. The Morgan fingerprint density at radius 2 is 1.71 bits per heavy atom. The summed E-state index contributed by atoms with van der Waals surface area (Å²) in [6.45, 7) is 12.9. The summed E-state index contributed by atoms with van der Waals surface area (Å²) in [4.78, 5) is 4.31. The summed E-state index contributed by atoms with van der Waals surface area (Å²) in [6.07, 6.45) is 3.12. The van der Waals surface area contributed by atoms with Crippen molar-refractivity contribution < 1.29 is 0 Å². The van der Waals surface area contributed by atoms with E-state index in [0.29, 0.717) is 0 Å². The third-order valence-electron chi connectivity index (χ3n) is 1.68. The van der Waals surface area contributed by atoms with Crippen LogP contribution in [0.3, 0.4) is 0 Å². The van der Waals surface area contributed by atoms with Crippen molar-refractivity contribution in [3.63, 3.8) is 0 Å². The fourth-order valence-electron chi connectivity index (χ4n) is 0.946. The summed E-state index contributed by atoms with van der Waals surface area (Å²) in [5, 5.41) is 0. The van der Waals surface area contributed by atoms with Gasteiger partial charge in [0, 0.05) is 17.3 Å². The fraction of sp³-hybridized carbons (Fsp3) is 0.615. The first-order valence-corrected chi connectivity index (χ1v) is 5.35. The van der Waals surface area contributed by atoms with Gasteiger partial charge in [0.15, 0.2) is 0 Å². The molecule has 0 aliphatic rings. The Hall–Kier alpha value is -0.850. The first kappa shape index (κ1) is 13.2. The SMILES string of the molecule is CCC.Cc1ccnc(C(C)(C)C)c1. The van der Waals surface area contributed by atoms with Gasteiger partial charge in [-0.3, -0.25) is 4.98 Å². The maximum atomic E-state index is 4.31. The molecule has 80 valence electrons. The molecule has 1 aromatic rings. The molecular formula is C13H23N. The lowest BCUT2D eigenvalue weighted by molar-refractivity contribution is 0.568. The van der Waals surface area contributed by atoms with Crippen LogP contribution in [0, 0.1) is 6.92 Å². The van der Waals surface area contributed by atoms with E-state index in [9.17, 15) is 0 Å². The lowest BCUT2D eigenvalue weighted by Gasteiger charge is -2.17. The number of pyridine rings is 1. The van der Waals surface area contributed by atoms with Crippen LogP contribution in [0.15, 0.2) is 18.3 Å². The summed E-state index contributed by atoms with van der Waals surface area (Å²) in [7, 11) is 0. The molecule has 0 amide bonds. The van der Waals surface area contributed by atoms with Gasteiger partial charge in [-0.25, -0.2) is 0 Å². The van der Waals surface area contributed by atoms with Crippen LogP contribution in [0.1, 0.15) is 52.3 Å². The molecule has 1 rings (SSSR count). The van der Waals surface area contributed by atoms with E-state index in [2.05, 4.69) is 52.6 Å². The molecule has 0 bridgehead atoms. The van der Waals surface area contributed by atoms with Gasteiger partial charge in [0.05, 0.1) is 0 Å². The van der Waals surface area contributed by atoms with Crippen LogP contribution >= 0.6 is 0 Å². The Morgan fingerprint density at radius 1 is 1.21 bits per heavy atom. The minimum absolute atomic E-state index is 0.173. The van der Waals surface area contributed by atoms with E-state index in [1.165, 1.54) is 12.0 Å². The zero-order chi connectivity index (χ0) is 11.2. The highest BCUT2D eigenvalue weighted by atomic mass is 14.7. The van der Waals surface area contributed by atoms with Crippen LogP contribution in [-0.2, 0) is 5.41 Å². The van der Waals surface area contributed by atoms with Gasteiger partial charge in [-0.1, -0.05) is 41.0 Å². The molecule has 0 aromatic carbocycles. The fourth-order valence-corrected chi connectivity index (χ4v) is 0.946. The van der Waals surface area contributed by atoms with E-state index < -0.39 is 0 Å². The van der Waals surface area contributed by atoms with Gasteiger partial charge in [-0.2, -0.15) is 0 Å². The van der Waals surface area contributed by atoms with Gasteiger partial charge in [0.25, 0.3) is 0 Å². The topological polar surface area (TPSA) is 12.9 Å². The number of nitrogens with zero attached hydrogens (tertiary/aromatic N) is 1. The van der Waals surface area contributed by atoms with Crippen LogP contribution in [0.5, 0.6) is 0 Å². The van der Waals surface area contributed by atoms with Gasteiger partial charge in [-0.05, 0) is 24.6 Å². The molecule has 0 unspecified atom stereocenters. The molecule has 0 saturated heterocycles. The molecule has 14 heavy (non-hydrogen) atoms. The largest absolute Gasteiger partial charge is 0.261 e. The quantitative estimate of drug-likeness (QED) is 0.604. The van der Waals surface area contributed by atoms with Crippen molar-refractivity contribution in [2.45, 2.75) is 53.4 Å². The van der Waals surface area contributed by atoms with Crippen molar-refractivity contribution in [2.24, 2.45) is 0 Å². The third-order valence-corrected chi connectivity index (χ3v) is 1.68. The second-order valence-electron chi connectivity index (χ2n) is 4.68. The van der Waals surface area contributed by atoms with Crippen LogP contribution in [0.4, 0.5) is 0 Å². The first-order valence-electron chi connectivity index (χ1n) is 5.35. The van der Waals surface area contributed by atoms with Gasteiger partial charge in [-0.15, -0.1) is 0 Å². The normalized spacial score (nSPS) is 10.4. The Balaban J connectivity index is 0.000000500. The molecule has 1 heterocycles. The maximum absolute atomic E-state index is 4.31. The van der Waals surface area contributed by atoms with Crippen molar-refractivity contribution in [3.8, 4) is 0 Å². The predicted octanol–water partition coefficient (Wildman–Crippen LogP) is 4.10. The number of rotatable bonds is 0. The summed E-state index contributed by atoms with van der Waals surface area (Å²) in [5.41, 5.74) is 2.62. The molecule has 0 atom stereocenters. The predicted molar refractivity (Wildman–Crippen MR) is 63.6 cm³/mol. The van der Waals surface area contributed by atoms with Gasteiger partial charge >= 0.3 is 0 Å². The zero-order valence-electron chi connectivity index (χ0n) is 10.4. The van der Waals surface area contributed by atoms with E-state index in [1.807, 2.05) is 12.3 Å². The van der Waals surface area contributed by atoms with Crippen molar-refractivity contribution in [3.05, 3.63) is 29.6 Å². The molecule has 0 aliphatic carbocycles. The Bertz CT molecular complexity index is 258. The Morgan fingerprint density at radius 3 is 2.00 bits per heavy atom. The molecule has 0 radical (unpaired) electrons. The average molecular weight is 193 g/mol. The van der Waals surface area contributed by atoms with Crippen molar-refractivity contribution in [2.75, 3.05) is 0 Å². The number of hydrogen-bond acceptors (Lipinski definition) is 1. The average Bonchev–Trinajstić information content (AvgIpc) is 2.04. The second-order valence-corrected chi connectivity index (χ2v) is 4.68. The molecule has 0 fully saturated rings. The van der Waals surface area contributed by atoms with Gasteiger partial charge in [0.1, 0.15) is 0 Å². The highest BCUT2D eigenvalue weighted by Crippen LogP contribution is 2.19. The maximum Gasteiger partial charge on any atom is 0.0459 e. The lowest BCUT2D eigenvalue weighted by atomic mass is 9.91. The smallest absolute Gasteiger partial charge is 0.0459 e. The van der Waals surface area contributed by atoms with E-state index in [1.54, 1.807) is 0 Å². The molecular weight excluding hydrogens is 170 g/mol. The molecule has 1 aromatic heterocycles. The van der Waals surface area contributed by atoms with E-state index in [4.69, 9.17) is 0 Å². The lowest BCUT2D eigenvalue weighted by Crippen LogP contribution is -2.13. The third kappa shape index (κ3) is 5.00. The number of hydrogen-bond donors (Lipinski definition) is 0. The summed E-state index contributed by atoms with van der Waals surface area (Å²) >= 11 is 0. The minimum Gasteiger partial charge on any atom is -0.261 e. The van der Waals surface area contributed by atoms with Crippen molar-refractivity contribution in [1.29, 1.82) is 0 Å². The number of aryl methyl sites for hydroxylation is 1. The van der Waals surface area contributed by atoms with Gasteiger partial charge < -0.3 is 0 Å². The van der Waals surface area contributed by atoms with E-state index >= 15 is 0 Å². The standard InChI is InChI=1S/C10H15N.C3H8/c1-8-5-6-11-9(7-8)10(2,3)4;1-3-2/h5-7H,1-4H3;3H2,1-2H3. The highest BCUT2D eigenvalue weighted by Gasteiger charge is 2.14. The van der Waals surface area contributed by atoms with Crippen LogP contribution in [-0.4, -0.2) is 4.98 Å². The first-order chi connectivity index (χ1) is 6.41. The second kappa shape index (κ2) is 5.79. The Kier molecular flexibility index (Phi) is 5.44. The zero-order valence-corrected chi connectivity index (χ0v) is 10.4. The Labute approximate surface area is 88.6 Å². The molecule has 0 aliphatic heterocycles. The minimum atomic E-state index is 0.173. The molecule has 1 heteroatoms. The van der Waals surface area contributed by atoms with Crippen LogP contribution in [0.2, 0.25) is 0 Å². The van der Waals surface area contributed by atoms with Crippen molar-refractivity contribution in [1.82, 2.24) is 4.98 Å². The monoisotopic (exact) mass is 193 g/mol. The summed E-state index contributed by atoms with van der Waals surface area (Å²) in [6, 6.07) is 4.16. The molecule has 1 nitrogen and oxygen atoms in total. The van der Waals surface area contributed by atoms with Crippen LogP contribution in [0.25, 0.3) is 0 Å². The van der Waals surface area contributed by atoms with Gasteiger partial charge in [0.2, 0.25) is 0 Å². The van der Waals surface area contributed by atoms with Crippen LogP contribution < -0.4 is 0 Å². The summed E-state index contributed by atoms with van der Waals surface area (Å²) < 4.78 is 0. The summed E-state index contributed by atoms with van der Waals surface area (Å²) in [5.74, 6) is 0. The van der Waals surface area contributed by atoms with E-state index in [0.717, 1.165) is 5.69 Å². The van der Waals surface area contributed by atoms with Crippen molar-refractivity contribution >= 4 is 0 Å². The number of aromatic nitrogens is 1.